The molecule has 3 aromatic rings. The third-order valence-electron chi connectivity index (χ3n) is 5.52. The molecule has 7 heteroatoms. The van der Waals surface area contributed by atoms with Gasteiger partial charge in [0.25, 0.3) is 0 Å². The van der Waals surface area contributed by atoms with Gasteiger partial charge in [0.05, 0.1) is 23.7 Å². The summed E-state index contributed by atoms with van der Waals surface area (Å²) in [6.45, 7) is 9.25. The van der Waals surface area contributed by atoms with Gasteiger partial charge in [-0.1, -0.05) is 6.07 Å². The molecule has 0 N–H and O–H groups in total. The minimum absolute atomic E-state index is 0.374. The Bertz CT molecular complexity index is 1180. The van der Waals surface area contributed by atoms with Gasteiger partial charge < -0.3 is 4.74 Å². The van der Waals surface area contributed by atoms with E-state index >= 15 is 0 Å². The maximum Gasteiger partial charge on any atom is 0.243 e. The molecule has 2 heterocycles. The van der Waals surface area contributed by atoms with Gasteiger partial charge in [0.2, 0.25) is 10.0 Å². The van der Waals surface area contributed by atoms with Crippen LogP contribution in [0.3, 0.4) is 0 Å². The number of benzene rings is 2. The van der Waals surface area contributed by atoms with Gasteiger partial charge >= 0.3 is 0 Å². The highest BCUT2D eigenvalue weighted by Crippen LogP contribution is 2.34. The van der Waals surface area contributed by atoms with E-state index in [4.69, 9.17) is 9.72 Å². The molecule has 0 saturated carbocycles. The molecule has 1 aliphatic heterocycles. The summed E-state index contributed by atoms with van der Waals surface area (Å²) >= 11 is 1.57. The Morgan fingerprint density at radius 1 is 1.07 bits per heavy atom. The van der Waals surface area contributed by atoms with Crippen molar-refractivity contribution < 1.29 is 13.2 Å². The predicted molar refractivity (Wildman–Crippen MR) is 121 cm³/mol. The third-order valence-corrected chi connectivity index (χ3v) is 8.64. The second-order valence-corrected chi connectivity index (χ2v) is 10.6. The first kappa shape index (κ1) is 21.0. The molecule has 30 heavy (non-hydrogen) atoms. The van der Waals surface area contributed by atoms with Crippen LogP contribution in [0.1, 0.15) is 34.2 Å². The summed E-state index contributed by atoms with van der Waals surface area (Å²) in [4.78, 5) is 6.22. The number of nitrogens with zero attached hydrogens (tertiary/aromatic N) is 2. The lowest BCUT2D eigenvalue weighted by atomic mass is 10.1. The fourth-order valence-electron chi connectivity index (χ4n) is 3.71. The van der Waals surface area contributed by atoms with Gasteiger partial charge in [-0.05, 0) is 74.7 Å². The van der Waals surface area contributed by atoms with Gasteiger partial charge in [0.1, 0.15) is 10.8 Å². The van der Waals surface area contributed by atoms with Crippen LogP contribution in [-0.4, -0.2) is 30.9 Å². The lowest BCUT2D eigenvalue weighted by Crippen LogP contribution is -2.35. The van der Waals surface area contributed by atoms with Crippen LogP contribution >= 0.6 is 11.3 Å². The normalized spacial score (nSPS) is 14.5. The largest absolute Gasteiger partial charge is 0.494 e. The maximum absolute atomic E-state index is 13.4. The van der Waals surface area contributed by atoms with E-state index in [1.165, 1.54) is 0 Å². The second kappa shape index (κ2) is 8.13. The predicted octanol–water partition coefficient (Wildman–Crippen LogP) is 4.88. The molecule has 1 aliphatic rings. The number of hydrogen-bond acceptors (Lipinski definition) is 5. The number of ether oxygens (including phenoxy) is 1. The van der Waals surface area contributed by atoms with Crippen LogP contribution in [0.2, 0.25) is 0 Å². The van der Waals surface area contributed by atoms with Crippen molar-refractivity contribution >= 4 is 21.4 Å². The summed E-state index contributed by atoms with van der Waals surface area (Å²) in [5.41, 5.74) is 4.93. The molecule has 4 rings (SSSR count). The van der Waals surface area contributed by atoms with Crippen molar-refractivity contribution in [1.29, 1.82) is 0 Å². The van der Waals surface area contributed by atoms with E-state index in [1.807, 2.05) is 58.0 Å². The van der Waals surface area contributed by atoms with E-state index < -0.39 is 10.0 Å². The Labute approximate surface area is 182 Å². The Hall–Kier alpha value is -2.22. The van der Waals surface area contributed by atoms with Crippen molar-refractivity contribution in [2.75, 3.05) is 13.2 Å². The molecule has 0 fully saturated rings. The van der Waals surface area contributed by atoms with Crippen LogP contribution in [0.5, 0.6) is 5.75 Å². The molecule has 0 radical (unpaired) electrons. The molecule has 0 aliphatic carbocycles. The van der Waals surface area contributed by atoms with Gasteiger partial charge in [-0.2, -0.15) is 4.31 Å². The highest BCUT2D eigenvalue weighted by molar-refractivity contribution is 7.89. The molecular formula is C23H26N2O3S2. The van der Waals surface area contributed by atoms with Crippen molar-refractivity contribution in [3.8, 4) is 16.3 Å². The number of hydrogen-bond donors (Lipinski definition) is 0. The molecule has 158 valence electrons. The molecule has 0 bridgehead atoms. The number of aromatic nitrogens is 1. The first-order chi connectivity index (χ1) is 14.3. The molecule has 0 atom stereocenters. The summed E-state index contributed by atoms with van der Waals surface area (Å²) < 4.78 is 33.8. The van der Waals surface area contributed by atoms with Gasteiger partial charge in [-0.15, -0.1) is 11.3 Å². The lowest BCUT2D eigenvalue weighted by molar-refractivity contribution is 0.340. The Morgan fingerprint density at radius 2 is 1.77 bits per heavy atom. The van der Waals surface area contributed by atoms with Gasteiger partial charge in [-0.3, -0.25) is 0 Å². The molecule has 0 saturated heterocycles. The van der Waals surface area contributed by atoms with E-state index in [1.54, 1.807) is 21.7 Å². The summed E-state index contributed by atoms with van der Waals surface area (Å²) in [7, 11) is -3.55. The summed E-state index contributed by atoms with van der Waals surface area (Å²) in [6, 6.07) is 11.6. The Morgan fingerprint density at radius 3 is 2.47 bits per heavy atom. The first-order valence-electron chi connectivity index (χ1n) is 10.1. The zero-order chi connectivity index (χ0) is 21.5. The van der Waals surface area contributed by atoms with Crippen LogP contribution < -0.4 is 4.74 Å². The van der Waals surface area contributed by atoms with Crippen LogP contribution in [0, 0.1) is 20.8 Å². The standard InChI is InChI=1S/C23H26N2O3S2/c1-5-28-19-8-6-18(7-9-19)23-24-20-10-11-25(14-21(20)29-23)30(26,27)22-13-16(3)15(2)12-17(22)4/h6-9,12-13H,5,10-11,14H2,1-4H3. The first-order valence-corrected chi connectivity index (χ1v) is 12.3. The smallest absolute Gasteiger partial charge is 0.243 e. The zero-order valence-electron chi connectivity index (χ0n) is 17.7. The lowest BCUT2D eigenvalue weighted by Gasteiger charge is -2.26. The monoisotopic (exact) mass is 442 g/mol. The van der Waals surface area contributed by atoms with Crippen LogP contribution in [0.4, 0.5) is 0 Å². The number of thiazole rings is 1. The summed E-state index contributed by atoms with van der Waals surface area (Å²) in [5.74, 6) is 0.837. The molecule has 0 spiro atoms. The molecular weight excluding hydrogens is 416 g/mol. The van der Waals surface area contributed by atoms with Gasteiger partial charge in [-0.25, -0.2) is 13.4 Å². The van der Waals surface area contributed by atoms with Crippen LogP contribution in [-0.2, 0) is 23.0 Å². The van der Waals surface area contributed by atoms with Gasteiger partial charge in [0.15, 0.2) is 0 Å². The van der Waals surface area contributed by atoms with E-state index in [-0.39, 0.29) is 0 Å². The van der Waals surface area contributed by atoms with Crippen molar-refractivity contribution in [3.05, 3.63) is 63.7 Å². The maximum atomic E-state index is 13.4. The van der Waals surface area contributed by atoms with Crippen LogP contribution in [0.25, 0.3) is 10.6 Å². The fraction of sp³-hybridized carbons (Fsp3) is 0.348. The van der Waals surface area contributed by atoms with Crippen molar-refractivity contribution in [2.24, 2.45) is 0 Å². The third kappa shape index (κ3) is 3.89. The van der Waals surface area contributed by atoms with Crippen molar-refractivity contribution in [2.45, 2.75) is 45.6 Å². The van der Waals surface area contributed by atoms with Gasteiger partial charge in [0, 0.05) is 23.4 Å². The number of sulfonamides is 1. The van der Waals surface area contributed by atoms with Crippen molar-refractivity contribution in [1.82, 2.24) is 9.29 Å². The summed E-state index contributed by atoms with van der Waals surface area (Å²) in [6.07, 6.45) is 0.631. The molecule has 5 nitrogen and oxygen atoms in total. The average molecular weight is 443 g/mol. The Kier molecular flexibility index (Phi) is 5.70. The average Bonchev–Trinajstić information content (AvgIpc) is 3.15. The number of rotatable bonds is 5. The molecule has 2 aromatic carbocycles. The van der Waals surface area contributed by atoms with Crippen molar-refractivity contribution in [3.63, 3.8) is 0 Å². The minimum atomic E-state index is -3.55. The quantitative estimate of drug-likeness (QED) is 0.565. The molecule has 1 aromatic heterocycles. The topological polar surface area (TPSA) is 59.5 Å². The van der Waals surface area contributed by atoms with E-state index in [0.717, 1.165) is 43.6 Å². The van der Waals surface area contributed by atoms with E-state index in [2.05, 4.69) is 0 Å². The highest BCUT2D eigenvalue weighted by Gasteiger charge is 2.31. The summed E-state index contributed by atoms with van der Waals surface area (Å²) in [5, 5.41) is 0.921. The second-order valence-electron chi connectivity index (χ2n) is 7.64. The Balaban J connectivity index is 1.60. The number of fused-ring (bicyclic) bond motifs is 1. The zero-order valence-corrected chi connectivity index (χ0v) is 19.4. The number of aryl methyl sites for hydroxylation is 3. The highest BCUT2D eigenvalue weighted by atomic mass is 32.2. The fourth-order valence-corrected chi connectivity index (χ4v) is 6.62. The van der Waals surface area contributed by atoms with Crippen LogP contribution in [0.15, 0.2) is 41.3 Å². The molecule has 0 unspecified atom stereocenters. The van der Waals surface area contributed by atoms with E-state index in [9.17, 15) is 8.42 Å². The molecule has 0 amide bonds. The minimum Gasteiger partial charge on any atom is -0.494 e. The SMILES string of the molecule is CCOc1ccc(-c2nc3c(s2)CN(S(=O)(=O)c2cc(C)c(C)cc2C)CC3)cc1. The van der Waals surface area contributed by atoms with E-state index in [0.29, 0.717) is 31.0 Å².